The summed E-state index contributed by atoms with van der Waals surface area (Å²) in [6, 6.07) is 24.6. The van der Waals surface area contributed by atoms with Crippen LogP contribution in [0.5, 0.6) is 0 Å². The van der Waals surface area contributed by atoms with Crippen LogP contribution in [-0.2, 0) is 29.6 Å². The van der Waals surface area contributed by atoms with Crippen molar-refractivity contribution in [3.05, 3.63) is 111 Å². The van der Waals surface area contributed by atoms with Crippen LogP contribution < -0.4 is 10.9 Å². The third kappa shape index (κ3) is 5.13. The van der Waals surface area contributed by atoms with Gasteiger partial charge in [0.1, 0.15) is 0 Å². The normalized spacial score (nSPS) is 15.1. The Labute approximate surface area is 240 Å². The highest BCUT2D eigenvalue weighted by atomic mass is 32.2. The second-order valence-corrected chi connectivity index (χ2v) is 12.2. The Hall–Kier alpha value is -3.64. The molecule has 5 nitrogen and oxygen atoms in total. The highest BCUT2D eigenvalue weighted by molar-refractivity contribution is 7.99. The van der Waals surface area contributed by atoms with Gasteiger partial charge in [0.15, 0.2) is 5.16 Å². The Morgan fingerprint density at radius 2 is 1.75 bits per heavy atom. The molecule has 4 aromatic rings. The predicted molar refractivity (Wildman–Crippen MR) is 163 cm³/mol. The van der Waals surface area contributed by atoms with E-state index in [1.807, 2.05) is 54.8 Å². The number of nitrogens with one attached hydrogen (secondary N) is 1. The molecule has 3 aromatic carbocycles. The summed E-state index contributed by atoms with van der Waals surface area (Å²) < 4.78 is 1.84. The summed E-state index contributed by atoms with van der Waals surface area (Å²) in [5.41, 5.74) is 8.14. The van der Waals surface area contributed by atoms with Crippen molar-refractivity contribution >= 4 is 23.4 Å². The van der Waals surface area contributed by atoms with Crippen LogP contribution in [0, 0.1) is 13.8 Å². The molecule has 1 N–H and O–H groups in total. The molecule has 2 aliphatic carbocycles. The number of fused-ring (bicyclic) bond motifs is 4. The van der Waals surface area contributed by atoms with Crippen molar-refractivity contribution in [2.45, 2.75) is 69.5 Å². The number of hydrogen-bond donors (Lipinski definition) is 1. The van der Waals surface area contributed by atoms with Gasteiger partial charge in [-0.05, 0) is 62.3 Å². The number of amides is 1. The van der Waals surface area contributed by atoms with E-state index in [2.05, 4.69) is 41.7 Å². The van der Waals surface area contributed by atoms with Gasteiger partial charge in [-0.2, -0.15) is 0 Å². The number of aromatic nitrogens is 2. The van der Waals surface area contributed by atoms with E-state index in [4.69, 9.17) is 4.98 Å². The van der Waals surface area contributed by atoms with E-state index in [0.717, 1.165) is 72.2 Å². The van der Waals surface area contributed by atoms with E-state index in [-0.39, 0.29) is 22.6 Å². The van der Waals surface area contributed by atoms with E-state index in [9.17, 15) is 9.59 Å². The Balaban J connectivity index is 1.38. The van der Waals surface area contributed by atoms with Crippen molar-refractivity contribution in [1.82, 2.24) is 9.55 Å². The zero-order chi connectivity index (χ0) is 27.7. The van der Waals surface area contributed by atoms with Crippen molar-refractivity contribution in [1.29, 1.82) is 0 Å². The Morgan fingerprint density at radius 1 is 1.00 bits per heavy atom. The van der Waals surface area contributed by atoms with Crippen molar-refractivity contribution in [2.75, 3.05) is 11.1 Å². The van der Waals surface area contributed by atoms with Gasteiger partial charge in [-0.1, -0.05) is 96.9 Å². The van der Waals surface area contributed by atoms with Crippen LogP contribution in [0.1, 0.15) is 53.5 Å². The van der Waals surface area contributed by atoms with Crippen LogP contribution in [0.4, 0.5) is 5.69 Å². The Morgan fingerprint density at radius 3 is 2.52 bits per heavy atom. The van der Waals surface area contributed by atoms with Gasteiger partial charge in [0.2, 0.25) is 5.91 Å². The average Bonchev–Trinajstić information content (AvgIpc) is 3.41. The molecule has 0 atom stereocenters. The van der Waals surface area contributed by atoms with E-state index in [1.165, 1.54) is 22.9 Å². The molecule has 1 aromatic heterocycles. The zero-order valence-corrected chi connectivity index (χ0v) is 24.0. The molecule has 2 aliphatic rings. The van der Waals surface area contributed by atoms with Gasteiger partial charge in [-0.25, -0.2) is 4.98 Å². The van der Waals surface area contributed by atoms with Gasteiger partial charge in [0.25, 0.3) is 5.56 Å². The Kier molecular flexibility index (Phi) is 7.37. The van der Waals surface area contributed by atoms with Gasteiger partial charge in [-0.3, -0.25) is 14.2 Å². The SMILES string of the molecule is Cc1ccc(NC(=O)CSc2nc3c(c(=O)n2CCc2ccccc2)C2(CCCC2)Cc2ccccc2-3)c(C)c1. The number of anilines is 1. The number of aryl methyl sites for hydroxylation is 3. The predicted octanol–water partition coefficient (Wildman–Crippen LogP) is 6.87. The maximum absolute atomic E-state index is 14.4. The number of carbonyl (C=O) groups is 1. The molecule has 0 bridgehead atoms. The van der Waals surface area contributed by atoms with Gasteiger partial charge in [0, 0.05) is 23.2 Å². The minimum atomic E-state index is -0.147. The molecule has 1 fully saturated rings. The summed E-state index contributed by atoms with van der Waals surface area (Å²) in [7, 11) is 0. The third-order valence-corrected chi connectivity index (χ3v) is 9.46. The van der Waals surface area contributed by atoms with Crippen molar-refractivity contribution in [3.63, 3.8) is 0 Å². The fourth-order valence-electron chi connectivity index (χ4n) is 6.51. The quantitative estimate of drug-likeness (QED) is 0.202. The second kappa shape index (κ2) is 11.1. The minimum Gasteiger partial charge on any atom is -0.325 e. The van der Waals surface area contributed by atoms with Crippen LogP contribution in [-0.4, -0.2) is 21.2 Å². The average molecular weight is 550 g/mol. The number of benzene rings is 3. The third-order valence-electron chi connectivity index (χ3n) is 8.48. The second-order valence-electron chi connectivity index (χ2n) is 11.3. The number of hydrogen-bond acceptors (Lipinski definition) is 4. The summed E-state index contributed by atoms with van der Waals surface area (Å²) in [5.74, 6) is 0.0719. The summed E-state index contributed by atoms with van der Waals surface area (Å²) in [4.78, 5) is 32.7. The monoisotopic (exact) mass is 549 g/mol. The maximum atomic E-state index is 14.4. The number of carbonyl (C=O) groups excluding carboxylic acids is 1. The lowest BCUT2D eigenvalue weighted by atomic mass is 9.68. The first-order valence-electron chi connectivity index (χ1n) is 14.2. The molecular weight excluding hydrogens is 514 g/mol. The van der Waals surface area contributed by atoms with Crippen molar-refractivity contribution in [2.24, 2.45) is 0 Å². The lowest BCUT2D eigenvalue weighted by molar-refractivity contribution is -0.113. The zero-order valence-electron chi connectivity index (χ0n) is 23.2. The molecule has 40 heavy (non-hydrogen) atoms. The lowest BCUT2D eigenvalue weighted by Gasteiger charge is -2.36. The molecule has 204 valence electrons. The molecule has 0 radical (unpaired) electrons. The van der Waals surface area contributed by atoms with Crippen LogP contribution in [0.15, 0.2) is 82.7 Å². The van der Waals surface area contributed by atoms with Crippen molar-refractivity contribution in [3.8, 4) is 11.3 Å². The summed E-state index contributed by atoms with van der Waals surface area (Å²) in [6.45, 7) is 4.57. The van der Waals surface area contributed by atoms with Gasteiger partial charge in [-0.15, -0.1) is 0 Å². The maximum Gasteiger partial charge on any atom is 0.258 e. The highest BCUT2D eigenvalue weighted by Crippen LogP contribution is 2.50. The first-order valence-corrected chi connectivity index (χ1v) is 15.2. The summed E-state index contributed by atoms with van der Waals surface area (Å²) in [5, 5.41) is 3.65. The molecule has 6 rings (SSSR count). The number of thioether (sulfide) groups is 1. The fraction of sp³-hybridized carbons (Fsp3) is 0.324. The van der Waals surface area contributed by atoms with Crippen LogP contribution in [0.3, 0.4) is 0 Å². The van der Waals surface area contributed by atoms with E-state index in [0.29, 0.717) is 11.7 Å². The van der Waals surface area contributed by atoms with Gasteiger partial charge in [0.05, 0.1) is 17.0 Å². The van der Waals surface area contributed by atoms with Gasteiger partial charge < -0.3 is 5.32 Å². The van der Waals surface area contributed by atoms with E-state index in [1.54, 1.807) is 0 Å². The topological polar surface area (TPSA) is 64.0 Å². The van der Waals surface area contributed by atoms with E-state index < -0.39 is 0 Å². The number of nitrogens with zero attached hydrogens (tertiary/aromatic N) is 2. The molecule has 1 amide bonds. The fourth-order valence-corrected chi connectivity index (χ4v) is 7.33. The highest BCUT2D eigenvalue weighted by Gasteiger charge is 2.44. The van der Waals surface area contributed by atoms with Crippen molar-refractivity contribution < 1.29 is 4.79 Å². The molecular formula is C34H35N3O2S. The molecule has 1 spiro atoms. The van der Waals surface area contributed by atoms with Crippen LogP contribution in [0.25, 0.3) is 11.3 Å². The molecule has 1 heterocycles. The molecule has 0 unspecified atom stereocenters. The largest absolute Gasteiger partial charge is 0.325 e. The molecule has 0 aliphatic heterocycles. The standard InChI is InChI=1S/C34H35N3O2S/c1-23-14-15-28(24(2)20-23)35-29(38)22-40-33-36-31-27-13-7-6-12-26(27)21-34(17-8-9-18-34)30(31)32(39)37(33)19-16-25-10-4-3-5-11-25/h3-7,10-15,20H,8-9,16-19,21-22H2,1-2H3,(H,35,38). The first kappa shape index (κ1) is 26.6. The van der Waals surface area contributed by atoms with E-state index >= 15 is 0 Å². The first-order chi connectivity index (χ1) is 19.4. The molecule has 1 saturated carbocycles. The van der Waals surface area contributed by atoms with Crippen LogP contribution >= 0.6 is 11.8 Å². The Bertz CT molecular complexity index is 1620. The lowest BCUT2D eigenvalue weighted by Crippen LogP contribution is -2.40. The van der Waals surface area contributed by atoms with Gasteiger partial charge >= 0.3 is 0 Å². The molecule has 6 heteroatoms. The molecule has 0 saturated heterocycles. The summed E-state index contributed by atoms with van der Waals surface area (Å²) >= 11 is 1.35. The van der Waals surface area contributed by atoms with Crippen LogP contribution in [0.2, 0.25) is 0 Å². The summed E-state index contributed by atoms with van der Waals surface area (Å²) in [6.07, 6.45) is 5.95. The minimum absolute atomic E-state index is 0.0645. The smallest absolute Gasteiger partial charge is 0.258 e. The number of rotatable bonds is 7.